The summed E-state index contributed by atoms with van der Waals surface area (Å²) in [7, 11) is 0. The molecule has 4 aromatic heterocycles. The molecule has 30 heavy (non-hydrogen) atoms. The van der Waals surface area contributed by atoms with Crippen LogP contribution in [-0.2, 0) is 6.54 Å². The molecule has 0 aliphatic carbocycles. The zero-order valence-corrected chi connectivity index (χ0v) is 16.9. The maximum atomic E-state index is 11.2. The third-order valence-electron chi connectivity index (χ3n) is 5.58. The van der Waals surface area contributed by atoms with Crippen LogP contribution >= 0.6 is 0 Å². The Balaban J connectivity index is 1.58. The van der Waals surface area contributed by atoms with E-state index in [1.807, 2.05) is 29.8 Å². The van der Waals surface area contributed by atoms with Gasteiger partial charge >= 0.3 is 0 Å². The van der Waals surface area contributed by atoms with Crippen LogP contribution < -0.4 is 4.90 Å². The monoisotopic (exact) mass is 402 g/mol. The van der Waals surface area contributed by atoms with Crippen molar-refractivity contribution in [3.05, 3.63) is 54.0 Å². The van der Waals surface area contributed by atoms with Crippen LogP contribution in [0, 0.1) is 6.92 Å². The number of aromatic nitrogens is 5. The van der Waals surface area contributed by atoms with Crippen LogP contribution in [0.1, 0.15) is 41.7 Å². The van der Waals surface area contributed by atoms with Crippen molar-refractivity contribution in [2.45, 2.75) is 39.3 Å². The number of fused-ring (bicyclic) bond motifs is 1. The van der Waals surface area contributed by atoms with E-state index < -0.39 is 0 Å². The normalized spacial score (nSPS) is 16.5. The number of carbonyl (C=O) groups excluding carboxylic acids is 1. The Morgan fingerprint density at radius 3 is 2.80 bits per heavy atom. The first kappa shape index (κ1) is 18.5. The van der Waals surface area contributed by atoms with Crippen molar-refractivity contribution in [3.63, 3.8) is 0 Å². The number of aldehydes is 1. The fourth-order valence-electron chi connectivity index (χ4n) is 4.07. The first-order valence-electron chi connectivity index (χ1n) is 10.1. The molecule has 0 aromatic carbocycles. The summed E-state index contributed by atoms with van der Waals surface area (Å²) in [6, 6.07) is 6.34. The lowest BCUT2D eigenvalue weighted by Gasteiger charge is -2.22. The first-order valence-corrected chi connectivity index (χ1v) is 10.1. The van der Waals surface area contributed by atoms with Crippen LogP contribution in [0.4, 0.5) is 5.82 Å². The van der Waals surface area contributed by atoms with Crippen molar-refractivity contribution in [1.82, 2.24) is 24.5 Å². The smallest absolute Gasteiger partial charge is 0.191 e. The molecule has 0 amide bonds. The van der Waals surface area contributed by atoms with Crippen molar-refractivity contribution < 1.29 is 9.21 Å². The lowest BCUT2D eigenvalue weighted by molar-refractivity contribution is 0.112. The van der Waals surface area contributed by atoms with Gasteiger partial charge in [0, 0.05) is 43.0 Å². The Morgan fingerprint density at radius 2 is 2.13 bits per heavy atom. The van der Waals surface area contributed by atoms with Gasteiger partial charge in [-0.15, -0.1) is 0 Å². The standard InChI is InChI=1S/C22H22N6O2/c1-14-4-3-7-27(14)20-6-5-17(10-23-20)21-26-19-8-16(12-29)9-24-22(19)28(21)11-18-13-30-15(2)25-18/h5-6,8-10,12-14H,3-4,7,11H2,1-2H3. The summed E-state index contributed by atoms with van der Waals surface area (Å²) in [4.78, 5) is 31.9. The Hall–Kier alpha value is -3.55. The van der Waals surface area contributed by atoms with Crippen molar-refractivity contribution in [2.75, 3.05) is 11.4 Å². The summed E-state index contributed by atoms with van der Waals surface area (Å²) < 4.78 is 7.34. The summed E-state index contributed by atoms with van der Waals surface area (Å²) in [6.45, 7) is 5.54. The first-order chi connectivity index (χ1) is 14.6. The van der Waals surface area contributed by atoms with E-state index in [1.54, 1.807) is 18.5 Å². The van der Waals surface area contributed by atoms with Crippen LogP contribution in [0.15, 0.2) is 41.3 Å². The molecule has 1 fully saturated rings. The van der Waals surface area contributed by atoms with Gasteiger partial charge < -0.3 is 13.9 Å². The molecule has 0 radical (unpaired) electrons. The second-order valence-corrected chi connectivity index (χ2v) is 7.70. The Labute approximate surface area is 173 Å². The minimum absolute atomic E-state index is 0.460. The van der Waals surface area contributed by atoms with E-state index >= 15 is 0 Å². The summed E-state index contributed by atoms with van der Waals surface area (Å²) in [5.41, 5.74) is 3.51. The zero-order valence-electron chi connectivity index (χ0n) is 16.9. The predicted octanol–water partition coefficient (Wildman–Crippen LogP) is 3.64. The molecule has 0 saturated carbocycles. The molecule has 5 rings (SSSR count). The molecular weight excluding hydrogens is 380 g/mol. The molecule has 1 aliphatic heterocycles. The van der Waals surface area contributed by atoms with Crippen LogP contribution in [0.3, 0.4) is 0 Å². The summed E-state index contributed by atoms with van der Waals surface area (Å²) in [5, 5.41) is 0. The van der Waals surface area contributed by atoms with Crippen molar-refractivity contribution in [3.8, 4) is 11.4 Å². The largest absolute Gasteiger partial charge is 0.449 e. The molecule has 1 atom stereocenters. The summed E-state index contributed by atoms with van der Waals surface area (Å²) in [5.74, 6) is 2.33. The highest BCUT2D eigenvalue weighted by Crippen LogP contribution is 2.28. The van der Waals surface area contributed by atoms with Gasteiger partial charge in [0.05, 0.1) is 12.2 Å². The lowest BCUT2D eigenvalue weighted by Crippen LogP contribution is -2.26. The minimum atomic E-state index is 0.460. The molecule has 0 spiro atoms. The van der Waals surface area contributed by atoms with Crippen molar-refractivity contribution in [1.29, 1.82) is 0 Å². The molecule has 8 heteroatoms. The number of rotatable bonds is 5. The molecule has 152 valence electrons. The number of hydrogen-bond donors (Lipinski definition) is 0. The second-order valence-electron chi connectivity index (χ2n) is 7.70. The van der Waals surface area contributed by atoms with Gasteiger partial charge in [0.25, 0.3) is 0 Å². The maximum absolute atomic E-state index is 11.2. The Morgan fingerprint density at radius 1 is 1.23 bits per heavy atom. The number of imidazole rings is 1. The molecule has 0 bridgehead atoms. The molecule has 1 saturated heterocycles. The van der Waals surface area contributed by atoms with Crippen LogP contribution in [0.25, 0.3) is 22.6 Å². The van der Waals surface area contributed by atoms with E-state index in [2.05, 4.69) is 21.8 Å². The van der Waals surface area contributed by atoms with E-state index in [0.717, 1.165) is 35.7 Å². The van der Waals surface area contributed by atoms with E-state index in [-0.39, 0.29) is 0 Å². The number of pyridine rings is 2. The predicted molar refractivity (Wildman–Crippen MR) is 113 cm³/mol. The van der Waals surface area contributed by atoms with Crippen LogP contribution in [0.5, 0.6) is 0 Å². The molecule has 4 aromatic rings. The zero-order chi connectivity index (χ0) is 20.7. The molecule has 8 nitrogen and oxygen atoms in total. The lowest BCUT2D eigenvalue weighted by atomic mass is 10.2. The quantitative estimate of drug-likeness (QED) is 0.471. The molecule has 1 unspecified atom stereocenters. The van der Waals surface area contributed by atoms with Crippen molar-refractivity contribution >= 4 is 23.3 Å². The van der Waals surface area contributed by atoms with Crippen LogP contribution in [0.2, 0.25) is 0 Å². The van der Waals surface area contributed by atoms with Gasteiger partial charge in [0.2, 0.25) is 0 Å². The number of aryl methyl sites for hydroxylation is 1. The van der Waals surface area contributed by atoms with E-state index in [1.165, 1.54) is 12.8 Å². The van der Waals surface area contributed by atoms with Gasteiger partial charge in [-0.25, -0.2) is 19.9 Å². The highest BCUT2D eigenvalue weighted by Gasteiger charge is 2.22. The maximum Gasteiger partial charge on any atom is 0.191 e. The van der Waals surface area contributed by atoms with Gasteiger partial charge in [-0.3, -0.25) is 4.79 Å². The number of carbonyl (C=O) groups is 1. The second kappa shape index (κ2) is 7.37. The molecule has 1 aliphatic rings. The fraction of sp³-hybridized carbons (Fsp3) is 0.318. The van der Waals surface area contributed by atoms with E-state index in [0.29, 0.717) is 35.2 Å². The molecule has 0 N–H and O–H groups in total. The third kappa shape index (κ3) is 3.24. The fourth-order valence-corrected chi connectivity index (χ4v) is 4.07. The summed E-state index contributed by atoms with van der Waals surface area (Å²) >= 11 is 0. The van der Waals surface area contributed by atoms with E-state index in [9.17, 15) is 4.79 Å². The van der Waals surface area contributed by atoms with Gasteiger partial charge in [-0.1, -0.05) is 0 Å². The highest BCUT2D eigenvalue weighted by atomic mass is 16.3. The highest BCUT2D eigenvalue weighted by molar-refractivity contribution is 5.84. The number of anilines is 1. The number of nitrogens with zero attached hydrogens (tertiary/aromatic N) is 6. The minimum Gasteiger partial charge on any atom is -0.449 e. The van der Waals surface area contributed by atoms with Crippen LogP contribution in [-0.4, -0.2) is 43.4 Å². The van der Waals surface area contributed by atoms with Gasteiger partial charge in [-0.2, -0.15) is 0 Å². The van der Waals surface area contributed by atoms with Gasteiger partial charge in [-0.05, 0) is 38.0 Å². The van der Waals surface area contributed by atoms with Crippen molar-refractivity contribution in [2.24, 2.45) is 0 Å². The topological polar surface area (TPSA) is 89.9 Å². The molecule has 5 heterocycles. The average Bonchev–Trinajstić information content (AvgIpc) is 3.47. The number of oxazole rings is 1. The Bertz CT molecular complexity index is 1210. The van der Waals surface area contributed by atoms with Gasteiger partial charge in [0.15, 0.2) is 17.8 Å². The van der Waals surface area contributed by atoms with Gasteiger partial charge in [0.1, 0.15) is 23.4 Å². The Kier molecular flexibility index (Phi) is 4.54. The van der Waals surface area contributed by atoms with E-state index in [4.69, 9.17) is 14.4 Å². The SMILES string of the molecule is Cc1nc(Cn2c(-c3ccc(N4CCCC4C)nc3)nc3cc(C=O)cnc32)co1. The average molecular weight is 402 g/mol. The number of hydrogen-bond acceptors (Lipinski definition) is 7. The third-order valence-corrected chi connectivity index (χ3v) is 5.58. The summed E-state index contributed by atoms with van der Waals surface area (Å²) in [6.07, 6.45) is 8.22. The molecular formula is C22H22N6O2.